The Bertz CT molecular complexity index is 350. The monoisotopic (exact) mass is 273 g/mol. The van der Waals surface area contributed by atoms with Crippen LogP contribution in [0.5, 0.6) is 0 Å². The lowest BCUT2D eigenvalue weighted by molar-refractivity contribution is -0.109. The Labute approximate surface area is 109 Å². The van der Waals surface area contributed by atoms with Crippen molar-refractivity contribution in [1.29, 1.82) is 0 Å². The van der Waals surface area contributed by atoms with Crippen LogP contribution in [-0.4, -0.2) is 41.9 Å². The first-order valence-corrected chi connectivity index (χ1v) is 6.86. The molecule has 0 radical (unpaired) electrons. The number of anilines is 1. The summed E-state index contributed by atoms with van der Waals surface area (Å²) in [6, 6.07) is 0. The summed E-state index contributed by atoms with van der Waals surface area (Å²) in [5, 5.41) is 5.98. The Balaban J connectivity index is 0.000000317. The van der Waals surface area contributed by atoms with E-state index >= 15 is 0 Å². The molecule has 2 heterocycles. The van der Waals surface area contributed by atoms with Gasteiger partial charge in [-0.05, 0) is 0 Å². The highest BCUT2D eigenvalue weighted by Gasteiger charge is 2.29. The number of carbonyl (C=O) groups excluding carboxylic acids is 2. The molecular weight excluding hydrogens is 258 g/mol. The number of thioether (sulfide) groups is 1. The van der Waals surface area contributed by atoms with Crippen molar-refractivity contribution >= 4 is 39.8 Å². The third kappa shape index (κ3) is 4.74. The van der Waals surface area contributed by atoms with E-state index in [1.54, 1.807) is 25.3 Å². The molecule has 0 aromatic carbocycles. The van der Waals surface area contributed by atoms with E-state index in [-0.39, 0.29) is 5.12 Å². The van der Waals surface area contributed by atoms with Crippen molar-refractivity contribution in [2.45, 2.75) is 12.2 Å². The smallest absolute Gasteiger partial charge is 0.206 e. The molecule has 1 N–H and O–H groups in total. The number of hydrogen-bond donors (Lipinski definition) is 1. The van der Waals surface area contributed by atoms with E-state index < -0.39 is 0 Å². The first-order chi connectivity index (χ1) is 8.17. The van der Waals surface area contributed by atoms with Crippen LogP contribution in [0.15, 0.2) is 11.6 Å². The molecule has 0 bridgehead atoms. The summed E-state index contributed by atoms with van der Waals surface area (Å²) in [5.41, 5.74) is 0. The van der Waals surface area contributed by atoms with Gasteiger partial charge in [-0.15, -0.1) is 11.3 Å². The molecule has 1 aromatic heterocycles. The van der Waals surface area contributed by atoms with E-state index in [0.717, 1.165) is 18.2 Å². The number of hydrogen-bond acceptors (Lipinski definition) is 6. The van der Waals surface area contributed by atoms with Crippen LogP contribution in [-0.2, 0) is 9.59 Å². The SMILES string of the molecule is CC(=O)SC1CN(c2nccs2)C1.CNC=O. The van der Waals surface area contributed by atoms with Gasteiger partial charge < -0.3 is 10.2 Å². The second-order valence-corrected chi connectivity index (χ2v) is 5.71. The fourth-order valence-electron chi connectivity index (χ4n) is 1.28. The number of nitrogens with one attached hydrogen (secondary N) is 1. The number of amides is 1. The molecule has 1 amide bonds. The normalized spacial score (nSPS) is 14.4. The summed E-state index contributed by atoms with van der Waals surface area (Å²) in [6.07, 6.45) is 2.44. The molecule has 5 nitrogen and oxygen atoms in total. The van der Waals surface area contributed by atoms with E-state index in [4.69, 9.17) is 4.79 Å². The van der Waals surface area contributed by atoms with Crippen molar-refractivity contribution in [3.63, 3.8) is 0 Å². The van der Waals surface area contributed by atoms with Gasteiger partial charge in [-0.2, -0.15) is 0 Å². The predicted molar refractivity (Wildman–Crippen MR) is 71.5 cm³/mol. The van der Waals surface area contributed by atoms with Crippen molar-refractivity contribution in [1.82, 2.24) is 10.3 Å². The Morgan fingerprint density at radius 2 is 2.35 bits per heavy atom. The molecule has 0 atom stereocenters. The molecule has 1 aliphatic heterocycles. The van der Waals surface area contributed by atoms with Crippen LogP contribution in [0.4, 0.5) is 5.13 Å². The molecule has 1 aliphatic rings. The molecule has 0 spiro atoms. The molecule has 0 saturated carbocycles. The summed E-state index contributed by atoms with van der Waals surface area (Å²) in [4.78, 5) is 26.2. The third-order valence-electron chi connectivity index (χ3n) is 1.99. The minimum absolute atomic E-state index is 0.212. The molecule has 1 aromatic rings. The Morgan fingerprint density at radius 3 is 2.76 bits per heavy atom. The fraction of sp³-hybridized carbons (Fsp3) is 0.500. The van der Waals surface area contributed by atoms with Crippen LogP contribution in [0.3, 0.4) is 0 Å². The highest BCUT2D eigenvalue weighted by atomic mass is 32.2. The first kappa shape index (κ1) is 14.0. The Kier molecular flexibility index (Phi) is 5.99. The molecule has 2 rings (SSSR count). The van der Waals surface area contributed by atoms with Crippen LogP contribution >= 0.6 is 23.1 Å². The van der Waals surface area contributed by atoms with Gasteiger partial charge in [0.15, 0.2) is 10.2 Å². The maximum atomic E-state index is 10.8. The number of thiazole rings is 1. The van der Waals surface area contributed by atoms with Crippen LogP contribution < -0.4 is 10.2 Å². The standard InChI is InChI=1S/C8H10N2OS2.C2H5NO/c1-6(11)13-7-4-10(5-7)8-9-2-3-12-8;1-3-2-4/h2-3,7H,4-5H2,1H3;2H,1H3,(H,3,4). The molecule has 17 heavy (non-hydrogen) atoms. The van der Waals surface area contributed by atoms with Crippen molar-refractivity contribution in [3.05, 3.63) is 11.6 Å². The molecule has 7 heteroatoms. The zero-order chi connectivity index (χ0) is 12.7. The van der Waals surface area contributed by atoms with E-state index in [1.807, 2.05) is 11.6 Å². The lowest BCUT2D eigenvalue weighted by Crippen LogP contribution is -2.49. The van der Waals surface area contributed by atoms with Crippen molar-refractivity contribution in [3.8, 4) is 0 Å². The average molecular weight is 273 g/mol. The van der Waals surface area contributed by atoms with Gasteiger partial charge in [0.25, 0.3) is 0 Å². The zero-order valence-corrected chi connectivity index (χ0v) is 11.4. The van der Waals surface area contributed by atoms with Crippen molar-refractivity contribution in [2.75, 3.05) is 25.0 Å². The number of aromatic nitrogens is 1. The van der Waals surface area contributed by atoms with Crippen LogP contribution in [0.25, 0.3) is 0 Å². The third-order valence-corrected chi connectivity index (χ3v) is 3.78. The highest BCUT2D eigenvalue weighted by molar-refractivity contribution is 8.14. The molecule has 0 aliphatic carbocycles. The van der Waals surface area contributed by atoms with E-state index in [2.05, 4.69) is 15.2 Å². The van der Waals surface area contributed by atoms with Gasteiger partial charge in [0.1, 0.15) is 0 Å². The maximum absolute atomic E-state index is 10.8. The summed E-state index contributed by atoms with van der Waals surface area (Å²) >= 11 is 3.09. The fourth-order valence-corrected chi connectivity index (χ4v) is 2.92. The molecule has 1 saturated heterocycles. The summed E-state index contributed by atoms with van der Waals surface area (Å²) in [5.74, 6) is 0. The lowest BCUT2D eigenvalue weighted by atomic mass is 10.2. The second-order valence-electron chi connectivity index (χ2n) is 3.36. The number of rotatable bonds is 3. The topological polar surface area (TPSA) is 62.3 Å². The minimum Gasteiger partial charge on any atom is -0.362 e. The second kappa shape index (κ2) is 7.29. The first-order valence-electron chi connectivity index (χ1n) is 5.10. The number of nitrogens with zero attached hydrogens (tertiary/aromatic N) is 2. The average Bonchev–Trinajstić information content (AvgIpc) is 2.76. The molecule has 0 unspecified atom stereocenters. The maximum Gasteiger partial charge on any atom is 0.206 e. The van der Waals surface area contributed by atoms with Crippen LogP contribution in [0.2, 0.25) is 0 Å². The minimum atomic E-state index is 0.212. The summed E-state index contributed by atoms with van der Waals surface area (Å²) in [7, 11) is 1.56. The van der Waals surface area contributed by atoms with E-state index in [0.29, 0.717) is 11.7 Å². The van der Waals surface area contributed by atoms with Crippen LogP contribution in [0.1, 0.15) is 6.92 Å². The van der Waals surface area contributed by atoms with Gasteiger partial charge in [0.2, 0.25) is 6.41 Å². The predicted octanol–water partition coefficient (Wildman–Crippen LogP) is 0.974. The summed E-state index contributed by atoms with van der Waals surface area (Å²) in [6.45, 7) is 3.53. The molecule has 1 fully saturated rings. The van der Waals surface area contributed by atoms with Crippen molar-refractivity contribution in [2.24, 2.45) is 0 Å². The van der Waals surface area contributed by atoms with Crippen LogP contribution in [0, 0.1) is 0 Å². The van der Waals surface area contributed by atoms with E-state index in [9.17, 15) is 4.79 Å². The van der Waals surface area contributed by atoms with Gasteiger partial charge in [-0.25, -0.2) is 4.98 Å². The Morgan fingerprint density at radius 1 is 1.71 bits per heavy atom. The van der Waals surface area contributed by atoms with Crippen molar-refractivity contribution < 1.29 is 9.59 Å². The van der Waals surface area contributed by atoms with Gasteiger partial charge in [0, 0.05) is 43.9 Å². The summed E-state index contributed by atoms with van der Waals surface area (Å²) < 4.78 is 0. The highest BCUT2D eigenvalue weighted by Crippen LogP contribution is 2.29. The molecule has 94 valence electrons. The van der Waals surface area contributed by atoms with Gasteiger partial charge in [-0.1, -0.05) is 11.8 Å². The largest absolute Gasteiger partial charge is 0.362 e. The van der Waals surface area contributed by atoms with Gasteiger partial charge in [0.05, 0.1) is 0 Å². The molecular formula is C10H15N3O2S2. The Hall–Kier alpha value is -1.08. The number of carbonyl (C=O) groups is 2. The quantitative estimate of drug-likeness (QED) is 0.832. The van der Waals surface area contributed by atoms with E-state index in [1.165, 1.54) is 11.8 Å². The zero-order valence-electron chi connectivity index (χ0n) is 9.75. The van der Waals surface area contributed by atoms with Gasteiger partial charge in [-0.3, -0.25) is 9.59 Å². The van der Waals surface area contributed by atoms with Gasteiger partial charge >= 0.3 is 0 Å². The lowest BCUT2D eigenvalue weighted by Gasteiger charge is -2.37.